The molecule has 0 bridgehead atoms. The van der Waals surface area contributed by atoms with Crippen LogP contribution in [-0.4, -0.2) is 25.9 Å². The maximum absolute atomic E-state index is 12.7. The fourth-order valence-corrected chi connectivity index (χ4v) is 1.59. The molecule has 0 fully saturated rings. The lowest BCUT2D eigenvalue weighted by Crippen LogP contribution is -2.04. The van der Waals surface area contributed by atoms with E-state index in [0.717, 1.165) is 5.56 Å². The predicted octanol–water partition coefficient (Wildman–Crippen LogP) is 2.27. The maximum Gasteiger partial charge on any atom is 0.164 e. The number of hydrogen-bond donors (Lipinski definition) is 1. The summed E-state index contributed by atoms with van der Waals surface area (Å²) in [4.78, 5) is 0. The van der Waals surface area contributed by atoms with Crippen molar-refractivity contribution in [1.82, 2.24) is 0 Å². The van der Waals surface area contributed by atoms with E-state index in [-0.39, 0.29) is 12.5 Å². The summed E-state index contributed by atoms with van der Waals surface area (Å²) in [7, 11) is 3.04. The van der Waals surface area contributed by atoms with Gasteiger partial charge in [-0.05, 0) is 17.7 Å². The lowest BCUT2D eigenvalue weighted by molar-refractivity contribution is 0.268. The number of rotatable bonds is 5. The molecule has 3 nitrogen and oxygen atoms in total. The van der Waals surface area contributed by atoms with Gasteiger partial charge in [0.25, 0.3) is 0 Å². The van der Waals surface area contributed by atoms with Crippen molar-refractivity contribution in [3.8, 4) is 11.5 Å². The summed E-state index contributed by atoms with van der Waals surface area (Å²) in [5.41, 5.74) is 1.28. The van der Waals surface area contributed by atoms with Gasteiger partial charge < -0.3 is 14.6 Å². The van der Waals surface area contributed by atoms with Gasteiger partial charge in [-0.3, -0.25) is 0 Å². The summed E-state index contributed by atoms with van der Waals surface area (Å²) in [6, 6.07) is 3.30. The van der Waals surface area contributed by atoms with Crippen molar-refractivity contribution >= 4 is 0 Å². The molecule has 0 saturated heterocycles. The Morgan fingerprint density at radius 2 is 2.00 bits per heavy atom. The second-order valence-corrected chi connectivity index (χ2v) is 3.64. The van der Waals surface area contributed by atoms with Gasteiger partial charge in [-0.1, -0.05) is 6.92 Å². The van der Waals surface area contributed by atoms with Gasteiger partial charge in [0.2, 0.25) is 0 Å². The molecular weight excluding hydrogens is 211 g/mol. The smallest absolute Gasteiger partial charge is 0.164 e. The molecule has 1 unspecified atom stereocenters. The van der Waals surface area contributed by atoms with Crippen LogP contribution in [0.4, 0.5) is 4.39 Å². The molecule has 4 heteroatoms. The van der Waals surface area contributed by atoms with Crippen molar-refractivity contribution in [3.05, 3.63) is 23.3 Å². The van der Waals surface area contributed by atoms with Gasteiger partial charge in [-0.15, -0.1) is 0 Å². The standard InChI is InChI=1S/C12H17FO3/c1-8(7-14)10-4-9(6-13)5-11(15-2)12(10)16-3/h4-5,8,14H,6-7H2,1-3H3. The number of ether oxygens (including phenoxy) is 2. The number of alkyl halides is 1. The van der Waals surface area contributed by atoms with Crippen molar-refractivity contribution in [2.24, 2.45) is 0 Å². The van der Waals surface area contributed by atoms with Gasteiger partial charge in [0, 0.05) is 18.1 Å². The Hall–Kier alpha value is -1.29. The van der Waals surface area contributed by atoms with E-state index in [1.807, 2.05) is 6.92 Å². The van der Waals surface area contributed by atoms with Crippen LogP contribution in [0.25, 0.3) is 0 Å². The zero-order chi connectivity index (χ0) is 12.1. The summed E-state index contributed by atoms with van der Waals surface area (Å²) >= 11 is 0. The van der Waals surface area contributed by atoms with Crippen molar-refractivity contribution in [2.45, 2.75) is 19.5 Å². The third-order valence-corrected chi connectivity index (χ3v) is 2.53. The van der Waals surface area contributed by atoms with Crippen molar-refractivity contribution in [3.63, 3.8) is 0 Å². The van der Waals surface area contributed by atoms with Crippen LogP contribution in [0.3, 0.4) is 0 Å². The van der Waals surface area contributed by atoms with E-state index in [4.69, 9.17) is 14.6 Å². The highest BCUT2D eigenvalue weighted by Crippen LogP contribution is 2.36. The Morgan fingerprint density at radius 1 is 1.31 bits per heavy atom. The largest absolute Gasteiger partial charge is 0.493 e. The first-order valence-electron chi connectivity index (χ1n) is 5.09. The lowest BCUT2D eigenvalue weighted by Gasteiger charge is -2.17. The third kappa shape index (κ3) is 2.44. The molecule has 0 saturated carbocycles. The van der Waals surface area contributed by atoms with E-state index < -0.39 is 6.67 Å². The van der Waals surface area contributed by atoms with E-state index in [1.54, 1.807) is 12.1 Å². The van der Waals surface area contributed by atoms with Crippen LogP contribution >= 0.6 is 0 Å². The van der Waals surface area contributed by atoms with Crippen molar-refractivity contribution in [2.75, 3.05) is 20.8 Å². The molecule has 90 valence electrons. The van der Waals surface area contributed by atoms with E-state index in [2.05, 4.69) is 0 Å². The second kappa shape index (κ2) is 5.70. The molecule has 1 N–H and O–H groups in total. The number of halogens is 1. The Morgan fingerprint density at radius 3 is 2.44 bits per heavy atom. The molecule has 1 aromatic carbocycles. The molecule has 0 aromatic heterocycles. The first kappa shape index (κ1) is 12.8. The number of aliphatic hydroxyl groups excluding tert-OH is 1. The molecule has 0 heterocycles. The van der Waals surface area contributed by atoms with Gasteiger partial charge in [-0.25, -0.2) is 4.39 Å². The van der Waals surface area contributed by atoms with Crippen LogP contribution in [0.15, 0.2) is 12.1 Å². The number of aliphatic hydroxyl groups is 1. The molecule has 1 aromatic rings. The fraction of sp³-hybridized carbons (Fsp3) is 0.500. The number of hydrogen-bond acceptors (Lipinski definition) is 3. The molecule has 0 aliphatic rings. The molecule has 0 aliphatic heterocycles. The monoisotopic (exact) mass is 228 g/mol. The molecule has 0 amide bonds. The summed E-state index contributed by atoms with van der Waals surface area (Å²) in [6.07, 6.45) is 0. The average Bonchev–Trinajstić information content (AvgIpc) is 2.35. The molecule has 0 spiro atoms. The molecule has 16 heavy (non-hydrogen) atoms. The van der Waals surface area contributed by atoms with Crippen LogP contribution in [-0.2, 0) is 6.67 Å². The topological polar surface area (TPSA) is 38.7 Å². The summed E-state index contributed by atoms with van der Waals surface area (Å²) in [5, 5.41) is 9.15. The molecular formula is C12H17FO3. The first-order chi connectivity index (χ1) is 7.67. The highest BCUT2D eigenvalue weighted by atomic mass is 19.1. The highest BCUT2D eigenvalue weighted by Gasteiger charge is 2.16. The first-order valence-corrected chi connectivity index (χ1v) is 5.09. The third-order valence-electron chi connectivity index (χ3n) is 2.53. The van der Waals surface area contributed by atoms with Crippen LogP contribution in [0.5, 0.6) is 11.5 Å². The Balaban J connectivity index is 3.30. The Bertz CT molecular complexity index is 352. The SMILES string of the molecule is COc1cc(CF)cc(C(C)CO)c1OC. The van der Waals surface area contributed by atoms with E-state index in [9.17, 15) is 4.39 Å². The predicted molar refractivity (Wildman–Crippen MR) is 59.9 cm³/mol. The van der Waals surface area contributed by atoms with Crippen LogP contribution in [0, 0.1) is 0 Å². The number of benzene rings is 1. The van der Waals surface area contributed by atoms with Crippen molar-refractivity contribution in [1.29, 1.82) is 0 Å². The second-order valence-electron chi connectivity index (χ2n) is 3.64. The minimum Gasteiger partial charge on any atom is -0.493 e. The summed E-state index contributed by atoms with van der Waals surface area (Å²) < 4.78 is 23.0. The Labute approximate surface area is 94.8 Å². The molecule has 1 rings (SSSR count). The van der Waals surface area contributed by atoms with Crippen molar-refractivity contribution < 1.29 is 19.0 Å². The fourth-order valence-electron chi connectivity index (χ4n) is 1.59. The maximum atomic E-state index is 12.7. The van der Waals surface area contributed by atoms with Gasteiger partial charge in [0.15, 0.2) is 11.5 Å². The normalized spacial score (nSPS) is 12.3. The number of methoxy groups -OCH3 is 2. The molecule has 0 aliphatic carbocycles. The average molecular weight is 228 g/mol. The molecule has 0 radical (unpaired) electrons. The van der Waals surface area contributed by atoms with Gasteiger partial charge >= 0.3 is 0 Å². The van der Waals surface area contributed by atoms with Crippen LogP contribution in [0.1, 0.15) is 24.0 Å². The molecule has 1 atom stereocenters. The summed E-state index contributed by atoms with van der Waals surface area (Å²) in [5.74, 6) is 0.935. The Kier molecular flexibility index (Phi) is 4.55. The van der Waals surface area contributed by atoms with Crippen LogP contribution < -0.4 is 9.47 Å². The van der Waals surface area contributed by atoms with Gasteiger partial charge in [0.1, 0.15) is 6.67 Å². The van der Waals surface area contributed by atoms with E-state index in [0.29, 0.717) is 17.1 Å². The zero-order valence-electron chi connectivity index (χ0n) is 9.79. The minimum absolute atomic E-state index is 0.0186. The minimum atomic E-state index is -0.564. The highest BCUT2D eigenvalue weighted by molar-refractivity contribution is 5.50. The quantitative estimate of drug-likeness (QED) is 0.840. The zero-order valence-corrected chi connectivity index (χ0v) is 9.79. The van der Waals surface area contributed by atoms with E-state index >= 15 is 0 Å². The van der Waals surface area contributed by atoms with Crippen LogP contribution in [0.2, 0.25) is 0 Å². The van der Waals surface area contributed by atoms with Gasteiger partial charge in [0.05, 0.1) is 14.2 Å². The lowest BCUT2D eigenvalue weighted by atomic mass is 9.98. The van der Waals surface area contributed by atoms with Gasteiger partial charge in [-0.2, -0.15) is 0 Å². The summed E-state index contributed by atoms with van der Waals surface area (Å²) in [6.45, 7) is 1.26. The van der Waals surface area contributed by atoms with E-state index in [1.165, 1.54) is 14.2 Å².